The van der Waals surface area contributed by atoms with Crippen molar-refractivity contribution >= 4 is 5.96 Å². The van der Waals surface area contributed by atoms with Crippen LogP contribution in [0.4, 0.5) is 4.39 Å². The fourth-order valence-electron chi connectivity index (χ4n) is 2.36. The maximum atomic E-state index is 12.9. The highest BCUT2D eigenvalue weighted by Crippen LogP contribution is 2.13. The smallest absolute Gasteiger partial charge is 0.194 e. The summed E-state index contributed by atoms with van der Waals surface area (Å²) in [6.45, 7) is 6.62. The molecule has 1 heterocycles. The monoisotopic (exact) mass is 309 g/mol. The van der Waals surface area contributed by atoms with Gasteiger partial charge in [0.05, 0.1) is 12.6 Å². The van der Waals surface area contributed by atoms with E-state index in [-0.39, 0.29) is 18.0 Å². The molecule has 0 aromatic heterocycles. The van der Waals surface area contributed by atoms with E-state index in [9.17, 15) is 9.50 Å². The minimum absolute atomic E-state index is 0.119. The molecule has 0 spiro atoms. The highest BCUT2D eigenvalue weighted by Gasteiger charge is 2.22. The number of benzene rings is 1. The van der Waals surface area contributed by atoms with Crippen molar-refractivity contribution in [2.75, 3.05) is 26.2 Å². The van der Waals surface area contributed by atoms with Crippen molar-refractivity contribution in [1.29, 1.82) is 0 Å². The zero-order valence-electron chi connectivity index (χ0n) is 13.1. The summed E-state index contributed by atoms with van der Waals surface area (Å²) in [5.74, 6) is 1.15. The highest BCUT2D eigenvalue weighted by molar-refractivity contribution is 5.80. The van der Waals surface area contributed by atoms with Gasteiger partial charge in [0.25, 0.3) is 0 Å². The number of ether oxygens (including phenoxy) is 1. The number of halogens is 1. The largest absolute Gasteiger partial charge is 0.489 e. The van der Waals surface area contributed by atoms with Gasteiger partial charge in [0.1, 0.15) is 17.7 Å². The molecule has 6 heteroatoms. The second kappa shape index (κ2) is 7.98. The summed E-state index contributed by atoms with van der Waals surface area (Å²) in [7, 11) is 0. The molecule has 1 fully saturated rings. The fourth-order valence-corrected chi connectivity index (χ4v) is 2.36. The van der Waals surface area contributed by atoms with Crippen LogP contribution in [0.2, 0.25) is 0 Å². The van der Waals surface area contributed by atoms with Gasteiger partial charge in [-0.15, -0.1) is 0 Å². The number of nitrogens with one attached hydrogen (secondary N) is 1. The van der Waals surface area contributed by atoms with Crippen molar-refractivity contribution in [3.8, 4) is 5.75 Å². The molecule has 2 N–H and O–H groups in total. The number of aliphatic imine (C=N–C) groups is 1. The predicted octanol–water partition coefficient (Wildman–Crippen LogP) is 1.63. The third-order valence-corrected chi connectivity index (χ3v) is 3.45. The molecular formula is C16H24FN3O2. The number of hydrogen-bond donors (Lipinski definition) is 2. The number of nitrogens with zero attached hydrogens (tertiary/aromatic N) is 2. The molecule has 1 unspecified atom stereocenters. The molecule has 0 amide bonds. The van der Waals surface area contributed by atoms with E-state index in [4.69, 9.17) is 4.74 Å². The standard InChI is InChI=1S/C16H24FN3O2/c1-3-18-16(20-9-8-14(21)11-20)19-10-12(2)22-15-6-4-13(17)5-7-15/h4-7,12,14,21H,3,8-11H2,1-2H3,(H,18,19)/t12?,14-/m1/s1. The molecular weight excluding hydrogens is 285 g/mol. The Balaban J connectivity index is 1.90. The molecule has 1 aliphatic rings. The molecule has 1 aliphatic heterocycles. The Kier molecular flexibility index (Phi) is 6.00. The summed E-state index contributed by atoms with van der Waals surface area (Å²) in [4.78, 5) is 6.62. The van der Waals surface area contributed by atoms with Crippen LogP contribution in [0.1, 0.15) is 20.3 Å². The lowest BCUT2D eigenvalue weighted by Crippen LogP contribution is -2.41. The Morgan fingerprint density at radius 1 is 1.50 bits per heavy atom. The minimum Gasteiger partial charge on any atom is -0.489 e. The Hall–Kier alpha value is -1.82. The Morgan fingerprint density at radius 2 is 2.23 bits per heavy atom. The van der Waals surface area contributed by atoms with Crippen molar-refractivity contribution in [2.24, 2.45) is 4.99 Å². The van der Waals surface area contributed by atoms with Crippen LogP contribution in [-0.4, -0.2) is 54.4 Å². The number of aliphatic hydroxyl groups excluding tert-OH is 1. The van der Waals surface area contributed by atoms with Gasteiger partial charge in [-0.05, 0) is 44.5 Å². The van der Waals surface area contributed by atoms with Crippen molar-refractivity contribution < 1.29 is 14.2 Å². The molecule has 1 aromatic rings. The first-order valence-electron chi connectivity index (χ1n) is 7.72. The quantitative estimate of drug-likeness (QED) is 0.641. The Bertz CT molecular complexity index is 493. The van der Waals surface area contributed by atoms with E-state index in [1.807, 2.05) is 13.8 Å². The van der Waals surface area contributed by atoms with Crippen LogP contribution in [0.15, 0.2) is 29.3 Å². The summed E-state index contributed by atoms with van der Waals surface area (Å²) >= 11 is 0. The molecule has 2 atom stereocenters. The van der Waals surface area contributed by atoms with Crippen LogP contribution in [0, 0.1) is 5.82 Å². The average molecular weight is 309 g/mol. The number of rotatable bonds is 5. The van der Waals surface area contributed by atoms with Crippen molar-refractivity contribution in [3.05, 3.63) is 30.1 Å². The van der Waals surface area contributed by atoms with Gasteiger partial charge >= 0.3 is 0 Å². The molecule has 0 aliphatic carbocycles. The lowest BCUT2D eigenvalue weighted by Gasteiger charge is -2.22. The molecule has 2 rings (SSSR count). The van der Waals surface area contributed by atoms with E-state index in [1.54, 1.807) is 12.1 Å². The van der Waals surface area contributed by atoms with E-state index in [0.717, 1.165) is 25.5 Å². The van der Waals surface area contributed by atoms with Gasteiger partial charge in [0.2, 0.25) is 0 Å². The van der Waals surface area contributed by atoms with Crippen LogP contribution in [0.25, 0.3) is 0 Å². The SMILES string of the molecule is CCNC(=NCC(C)Oc1ccc(F)cc1)N1CC[C@@H](O)C1. The number of likely N-dealkylation sites (tertiary alicyclic amines) is 1. The lowest BCUT2D eigenvalue weighted by atomic mass is 10.3. The Labute approximate surface area is 130 Å². The van der Waals surface area contributed by atoms with Crippen LogP contribution in [-0.2, 0) is 0 Å². The molecule has 0 bridgehead atoms. The van der Waals surface area contributed by atoms with Gasteiger partial charge < -0.3 is 20.1 Å². The third kappa shape index (κ3) is 4.87. The second-order valence-corrected chi connectivity index (χ2v) is 5.47. The molecule has 0 saturated carbocycles. The van der Waals surface area contributed by atoms with E-state index >= 15 is 0 Å². The summed E-state index contributed by atoms with van der Waals surface area (Å²) < 4.78 is 18.6. The van der Waals surface area contributed by atoms with Crippen LogP contribution in [0.5, 0.6) is 5.75 Å². The van der Waals surface area contributed by atoms with Gasteiger partial charge in [0.15, 0.2) is 5.96 Å². The summed E-state index contributed by atoms with van der Waals surface area (Å²) in [6, 6.07) is 5.97. The molecule has 5 nitrogen and oxygen atoms in total. The molecule has 1 aromatic carbocycles. The summed E-state index contributed by atoms with van der Waals surface area (Å²) in [5.41, 5.74) is 0. The second-order valence-electron chi connectivity index (χ2n) is 5.47. The van der Waals surface area contributed by atoms with Gasteiger partial charge in [-0.25, -0.2) is 9.38 Å². The normalized spacial score (nSPS) is 20.1. The van der Waals surface area contributed by atoms with Crippen LogP contribution < -0.4 is 10.1 Å². The number of hydrogen-bond acceptors (Lipinski definition) is 3. The fraction of sp³-hybridized carbons (Fsp3) is 0.562. The number of β-amino-alcohol motifs (C(OH)–C–C–N with tert-alkyl or cyclic N) is 1. The van der Waals surface area contributed by atoms with E-state index in [1.165, 1.54) is 12.1 Å². The molecule has 0 radical (unpaired) electrons. The van der Waals surface area contributed by atoms with Gasteiger partial charge in [0, 0.05) is 19.6 Å². The number of guanidine groups is 1. The Morgan fingerprint density at radius 3 is 2.82 bits per heavy atom. The van der Waals surface area contributed by atoms with E-state index in [0.29, 0.717) is 18.8 Å². The zero-order chi connectivity index (χ0) is 15.9. The zero-order valence-corrected chi connectivity index (χ0v) is 13.1. The molecule has 122 valence electrons. The minimum atomic E-state index is -0.281. The number of aliphatic hydroxyl groups is 1. The predicted molar refractivity (Wildman–Crippen MR) is 84.7 cm³/mol. The van der Waals surface area contributed by atoms with Gasteiger partial charge in [-0.3, -0.25) is 0 Å². The molecule has 1 saturated heterocycles. The van der Waals surface area contributed by atoms with Gasteiger partial charge in [-0.2, -0.15) is 0 Å². The van der Waals surface area contributed by atoms with E-state index in [2.05, 4.69) is 15.2 Å². The maximum absolute atomic E-state index is 12.9. The topological polar surface area (TPSA) is 57.1 Å². The maximum Gasteiger partial charge on any atom is 0.194 e. The van der Waals surface area contributed by atoms with Crippen LogP contribution in [0.3, 0.4) is 0 Å². The molecule has 22 heavy (non-hydrogen) atoms. The van der Waals surface area contributed by atoms with Crippen molar-refractivity contribution in [3.63, 3.8) is 0 Å². The van der Waals surface area contributed by atoms with Crippen LogP contribution >= 0.6 is 0 Å². The lowest BCUT2D eigenvalue weighted by molar-refractivity contribution is 0.187. The first-order valence-corrected chi connectivity index (χ1v) is 7.72. The van der Waals surface area contributed by atoms with E-state index < -0.39 is 0 Å². The highest BCUT2D eigenvalue weighted by atomic mass is 19.1. The van der Waals surface area contributed by atoms with Crippen molar-refractivity contribution in [1.82, 2.24) is 10.2 Å². The van der Waals surface area contributed by atoms with Crippen molar-refractivity contribution in [2.45, 2.75) is 32.5 Å². The van der Waals surface area contributed by atoms with Gasteiger partial charge in [-0.1, -0.05) is 0 Å². The first-order chi connectivity index (χ1) is 10.6. The average Bonchev–Trinajstić information content (AvgIpc) is 2.92. The third-order valence-electron chi connectivity index (χ3n) is 3.45. The first kappa shape index (κ1) is 16.5. The summed E-state index contributed by atoms with van der Waals surface area (Å²) in [6.07, 6.45) is 0.370. The summed E-state index contributed by atoms with van der Waals surface area (Å²) in [5, 5.41) is 12.9.